The highest BCUT2D eigenvalue weighted by Crippen LogP contribution is 2.13. The van der Waals surface area contributed by atoms with Gasteiger partial charge in [0.1, 0.15) is 6.04 Å². The molecule has 0 heterocycles. The molecule has 0 aromatic heterocycles. The van der Waals surface area contributed by atoms with E-state index < -0.39 is 30.4 Å². The van der Waals surface area contributed by atoms with E-state index in [0.29, 0.717) is 5.69 Å². The van der Waals surface area contributed by atoms with Crippen molar-refractivity contribution in [1.29, 1.82) is 0 Å². The van der Waals surface area contributed by atoms with Crippen LogP contribution in [0.1, 0.15) is 17.5 Å². The van der Waals surface area contributed by atoms with Crippen LogP contribution < -0.4 is 10.6 Å². The lowest BCUT2D eigenvalue weighted by molar-refractivity contribution is -0.145. The maximum absolute atomic E-state index is 11.6. The molecule has 20 heavy (non-hydrogen) atoms. The van der Waals surface area contributed by atoms with Crippen molar-refractivity contribution in [2.75, 3.05) is 5.32 Å². The molecule has 1 atom stereocenters. The Hall–Kier alpha value is -2.57. The summed E-state index contributed by atoms with van der Waals surface area (Å²) in [4.78, 5) is 32.9. The summed E-state index contributed by atoms with van der Waals surface area (Å²) in [6, 6.07) is 2.99. The number of hydrogen-bond donors (Lipinski definition) is 4. The molecule has 0 spiro atoms. The first-order chi connectivity index (χ1) is 9.29. The predicted molar refractivity (Wildman–Crippen MR) is 71.7 cm³/mol. The Bertz CT molecular complexity index is 542. The fraction of sp³-hybridized carbons (Fsp3) is 0.308. The maximum atomic E-state index is 11.6. The zero-order chi connectivity index (χ0) is 15.3. The highest BCUT2D eigenvalue weighted by atomic mass is 16.4. The van der Waals surface area contributed by atoms with Crippen LogP contribution in [-0.4, -0.2) is 34.2 Å². The second-order valence-electron chi connectivity index (χ2n) is 4.39. The lowest BCUT2D eigenvalue weighted by Gasteiger charge is -2.13. The third-order valence-electron chi connectivity index (χ3n) is 2.75. The van der Waals surface area contributed by atoms with Crippen molar-refractivity contribution in [1.82, 2.24) is 5.32 Å². The molecule has 0 unspecified atom stereocenters. The van der Waals surface area contributed by atoms with Crippen LogP contribution in [0.4, 0.5) is 10.5 Å². The summed E-state index contributed by atoms with van der Waals surface area (Å²) in [7, 11) is 0. The molecule has 7 heteroatoms. The molecule has 0 aliphatic heterocycles. The van der Waals surface area contributed by atoms with Gasteiger partial charge in [-0.05, 0) is 37.1 Å². The molecule has 4 N–H and O–H groups in total. The van der Waals surface area contributed by atoms with Crippen LogP contribution in [-0.2, 0) is 9.59 Å². The number of aliphatic carboxylic acids is 2. The van der Waals surface area contributed by atoms with E-state index in [0.717, 1.165) is 11.1 Å². The summed E-state index contributed by atoms with van der Waals surface area (Å²) in [5.74, 6) is -2.70. The van der Waals surface area contributed by atoms with Crippen molar-refractivity contribution in [3.8, 4) is 0 Å². The normalized spacial score (nSPS) is 11.5. The van der Waals surface area contributed by atoms with Crippen LogP contribution in [0.3, 0.4) is 0 Å². The number of benzene rings is 1. The van der Waals surface area contributed by atoms with Gasteiger partial charge in [0.15, 0.2) is 0 Å². The molecular weight excluding hydrogens is 264 g/mol. The molecule has 7 nitrogen and oxygen atoms in total. The fourth-order valence-corrected chi connectivity index (χ4v) is 1.52. The average Bonchev–Trinajstić information content (AvgIpc) is 2.32. The molecule has 0 aliphatic rings. The Balaban J connectivity index is 2.67. The molecule has 0 aliphatic carbocycles. The van der Waals surface area contributed by atoms with Crippen molar-refractivity contribution < 1.29 is 24.6 Å². The second kappa shape index (κ2) is 6.55. The number of rotatable bonds is 5. The smallest absolute Gasteiger partial charge is 0.326 e. The van der Waals surface area contributed by atoms with E-state index in [4.69, 9.17) is 10.2 Å². The van der Waals surface area contributed by atoms with Gasteiger partial charge in [0.05, 0.1) is 6.42 Å². The van der Waals surface area contributed by atoms with Crippen molar-refractivity contribution in [2.24, 2.45) is 0 Å². The van der Waals surface area contributed by atoms with E-state index >= 15 is 0 Å². The van der Waals surface area contributed by atoms with Gasteiger partial charge in [-0.3, -0.25) is 4.79 Å². The maximum Gasteiger partial charge on any atom is 0.326 e. The van der Waals surface area contributed by atoms with E-state index in [2.05, 4.69) is 10.6 Å². The highest BCUT2D eigenvalue weighted by Gasteiger charge is 2.22. The molecule has 1 aromatic carbocycles. The average molecular weight is 280 g/mol. The van der Waals surface area contributed by atoms with Crippen LogP contribution in [0.25, 0.3) is 0 Å². The van der Waals surface area contributed by atoms with Gasteiger partial charge in [-0.1, -0.05) is 6.07 Å². The van der Waals surface area contributed by atoms with Gasteiger partial charge in [-0.15, -0.1) is 0 Å². The molecule has 0 saturated carbocycles. The first-order valence-corrected chi connectivity index (χ1v) is 5.89. The SMILES string of the molecule is Cc1ccc(NC(=O)N[C@@H](CC(=O)O)C(=O)O)cc1C. The third-order valence-corrected chi connectivity index (χ3v) is 2.75. The summed E-state index contributed by atoms with van der Waals surface area (Å²) < 4.78 is 0. The number of carboxylic acid groups (broad SMARTS) is 2. The standard InChI is InChI=1S/C13H16N2O5/c1-7-3-4-9(5-8(7)2)14-13(20)15-10(12(18)19)6-11(16)17/h3-5,10H,6H2,1-2H3,(H,16,17)(H,18,19)(H2,14,15,20)/t10-/m0/s1. The molecule has 2 amide bonds. The van der Waals surface area contributed by atoms with E-state index in [1.165, 1.54) is 0 Å². The van der Waals surface area contributed by atoms with Crippen LogP contribution in [0, 0.1) is 13.8 Å². The molecule has 1 rings (SSSR count). The minimum absolute atomic E-state index is 0.505. The Morgan fingerprint density at radius 2 is 1.80 bits per heavy atom. The topological polar surface area (TPSA) is 116 Å². The number of hydrogen-bond acceptors (Lipinski definition) is 3. The summed E-state index contributed by atoms with van der Waals surface area (Å²) in [6.45, 7) is 3.80. The van der Waals surface area contributed by atoms with E-state index in [1.807, 2.05) is 19.9 Å². The Labute approximate surface area is 115 Å². The van der Waals surface area contributed by atoms with Crippen LogP contribution >= 0.6 is 0 Å². The number of carbonyl (C=O) groups excluding carboxylic acids is 1. The summed E-state index contributed by atoms with van der Waals surface area (Å²) in [5, 5.41) is 21.9. The fourth-order valence-electron chi connectivity index (χ4n) is 1.52. The minimum Gasteiger partial charge on any atom is -0.481 e. The molecular formula is C13H16N2O5. The van der Waals surface area contributed by atoms with Crippen LogP contribution in [0.5, 0.6) is 0 Å². The summed E-state index contributed by atoms with van der Waals surface area (Å²) in [5.41, 5.74) is 2.54. The monoisotopic (exact) mass is 280 g/mol. The molecule has 108 valence electrons. The van der Waals surface area contributed by atoms with Crippen molar-refractivity contribution in [3.05, 3.63) is 29.3 Å². The molecule has 0 fully saturated rings. The Morgan fingerprint density at radius 1 is 1.15 bits per heavy atom. The Morgan fingerprint density at radius 3 is 2.30 bits per heavy atom. The van der Waals surface area contributed by atoms with Crippen molar-refractivity contribution in [2.45, 2.75) is 26.3 Å². The van der Waals surface area contributed by atoms with Crippen LogP contribution in [0.15, 0.2) is 18.2 Å². The minimum atomic E-state index is -1.47. The van der Waals surface area contributed by atoms with Gasteiger partial charge in [-0.25, -0.2) is 9.59 Å². The summed E-state index contributed by atoms with van der Waals surface area (Å²) in [6.07, 6.45) is -0.685. The van der Waals surface area contributed by atoms with Gasteiger partial charge < -0.3 is 20.8 Å². The van der Waals surface area contributed by atoms with E-state index in [9.17, 15) is 14.4 Å². The lowest BCUT2D eigenvalue weighted by Crippen LogP contribution is -2.44. The van der Waals surface area contributed by atoms with E-state index in [-0.39, 0.29) is 0 Å². The molecule has 1 aromatic rings. The first-order valence-electron chi connectivity index (χ1n) is 5.89. The lowest BCUT2D eigenvalue weighted by atomic mass is 10.1. The number of amides is 2. The van der Waals surface area contributed by atoms with Crippen molar-refractivity contribution >= 4 is 23.7 Å². The van der Waals surface area contributed by atoms with Crippen molar-refractivity contribution in [3.63, 3.8) is 0 Å². The van der Waals surface area contributed by atoms with Gasteiger partial charge >= 0.3 is 18.0 Å². The quantitative estimate of drug-likeness (QED) is 0.649. The molecule has 0 radical (unpaired) electrons. The van der Waals surface area contributed by atoms with Gasteiger partial charge in [0, 0.05) is 5.69 Å². The third kappa shape index (κ3) is 4.60. The zero-order valence-corrected chi connectivity index (χ0v) is 11.1. The highest BCUT2D eigenvalue weighted by molar-refractivity contribution is 5.93. The van der Waals surface area contributed by atoms with Crippen LogP contribution in [0.2, 0.25) is 0 Å². The number of carbonyl (C=O) groups is 3. The number of nitrogens with one attached hydrogen (secondary N) is 2. The number of urea groups is 1. The second-order valence-corrected chi connectivity index (χ2v) is 4.39. The number of carboxylic acids is 2. The first kappa shape index (κ1) is 15.5. The predicted octanol–water partition coefficient (Wildman–Crippen LogP) is 1.35. The molecule has 0 bridgehead atoms. The van der Waals surface area contributed by atoms with Gasteiger partial charge in [-0.2, -0.15) is 0 Å². The zero-order valence-electron chi connectivity index (χ0n) is 11.1. The number of aryl methyl sites for hydroxylation is 2. The molecule has 0 saturated heterocycles. The summed E-state index contributed by atoms with van der Waals surface area (Å²) >= 11 is 0. The van der Waals surface area contributed by atoms with Gasteiger partial charge in [0.2, 0.25) is 0 Å². The van der Waals surface area contributed by atoms with E-state index in [1.54, 1.807) is 12.1 Å². The largest absolute Gasteiger partial charge is 0.481 e. The Kier molecular flexibility index (Phi) is 5.08. The number of anilines is 1. The van der Waals surface area contributed by atoms with Gasteiger partial charge in [0.25, 0.3) is 0 Å².